The van der Waals surface area contributed by atoms with Crippen molar-refractivity contribution in [3.63, 3.8) is 0 Å². The van der Waals surface area contributed by atoms with Crippen LogP contribution >= 0.6 is 0 Å². The molecule has 1 aliphatic rings. The lowest BCUT2D eigenvalue weighted by atomic mass is 9.95. The molecule has 4 rings (SSSR count). The lowest BCUT2D eigenvalue weighted by Gasteiger charge is -2.31. The number of aromatic nitrogens is 2. The van der Waals surface area contributed by atoms with Crippen LogP contribution in [-0.4, -0.2) is 39.8 Å². The normalized spacial score (nSPS) is 14.9. The van der Waals surface area contributed by atoms with E-state index < -0.39 is 0 Å². The van der Waals surface area contributed by atoms with Gasteiger partial charge >= 0.3 is 0 Å². The number of fused-ring (bicyclic) bond motifs is 1. The maximum Gasteiger partial charge on any atom is 0.226 e. The molecular formula is C23H26N4O2. The molecular weight excluding hydrogens is 364 g/mol. The molecule has 2 amide bonds. The first-order valence-electron chi connectivity index (χ1n) is 10.1. The van der Waals surface area contributed by atoms with Gasteiger partial charge in [-0.3, -0.25) is 9.59 Å². The van der Waals surface area contributed by atoms with Crippen LogP contribution in [0.3, 0.4) is 0 Å². The number of H-pyrrole nitrogens is 1. The molecule has 6 nitrogen and oxygen atoms in total. The van der Waals surface area contributed by atoms with Crippen LogP contribution in [0.2, 0.25) is 0 Å². The number of aromatic amines is 1. The van der Waals surface area contributed by atoms with Crippen molar-refractivity contribution in [2.24, 2.45) is 0 Å². The molecule has 1 fully saturated rings. The van der Waals surface area contributed by atoms with E-state index in [1.54, 1.807) is 0 Å². The number of amides is 2. The molecule has 1 aliphatic heterocycles. The van der Waals surface area contributed by atoms with Crippen molar-refractivity contribution >= 4 is 28.5 Å². The Kier molecular flexibility index (Phi) is 5.34. The monoisotopic (exact) mass is 390 g/mol. The van der Waals surface area contributed by atoms with E-state index in [4.69, 9.17) is 4.98 Å². The topological polar surface area (TPSA) is 78.1 Å². The van der Waals surface area contributed by atoms with Gasteiger partial charge < -0.3 is 15.2 Å². The largest absolute Gasteiger partial charge is 0.342 e. The van der Waals surface area contributed by atoms with Gasteiger partial charge in [-0.25, -0.2) is 4.98 Å². The predicted molar refractivity (Wildman–Crippen MR) is 114 cm³/mol. The van der Waals surface area contributed by atoms with Crippen LogP contribution in [0.4, 0.5) is 5.69 Å². The molecule has 6 heteroatoms. The Bertz CT molecular complexity index is 1030. The second-order valence-corrected chi connectivity index (χ2v) is 7.85. The van der Waals surface area contributed by atoms with E-state index in [0.29, 0.717) is 12.3 Å². The summed E-state index contributed by atoms with van der Waals surface area (Å²) in [6.45, 7) is 5.07. The van der Waals surface area contributed by atoms with Crippen molar-refractivity contribution in [3.05, 3.63) is 59.4 Å². The maximum absolute atomic E-state index is 12.7. The SMILES string of the molecule is CC(=O)Nc1ccc(CC(=O)N2CCC(c3nc4ccc(C)cc4[nH]3)CC2)cc1. The zero-order chi connectivity index (χ0) is 20.4. The number of likely N-dealkylation sites (tertiary alicyclic amines) is 1. The predicted octanol–water partition coefficient (Wildman–Crippen LogP) is 3.78. The van der Waals surface area contributed by atoms with Gasteiger partial charge in [0.05, 0.1) is 17.5 Å². The fraction of sp³-hybridized carbons (Fsp3) is 0.348. The highest BCUT2D eigenvalue weighted by molar-refractivity contribution is 5.88. The first-order valence-corrected chi connectivity index (χ1v) is 10.1. The van der Waals surface area contributed by atoms with Gasteiger partial charge in [-0.2, -0.15) is 0 Å². The third-order valence-electron chi connectivity index (χ3n) is 5.52. The van der Waals surface area contributed by atoms with E-state index in [-0.39, 0.29) is 11.8 Å². The summed E-state index contributed by atoms with van der Waals surface area (Å²) in [7, 11) is 0. The maximum atomic E-state index is 12.7. The van der Waals surface area contributed by atoms with Crippen LogP contribution in [0.15, 0.2) is 42.5 Å². The zero-order valence-corrected chi connectivity index (χ0v) is 16.9. The number of nitrogens with zero attached hydrogens (tertiary/aromatic N) is 2. The molecule has 0 spiro atoms. The first kappa shape index (κ1) is 19.2. The number of nitrogens with one attached hydrogen (secondary N) is 2. The third kappa shape index (κ3) is 4.47. The summed E-state index contributed by atoms with van der Waals surface area (Å²) in [5, 5.41) is 2.74. The molecule has 0 bridgehead atoms. The van der Waals surface area contributed by atoms with Crippen molar-refractivity contribution in [1.29, 1.82) is 0 Å². The highest BCUT2D eigenvalue weighted by atomic mass is 16.2. The molecule has 0 saturated carbocycles. The number of rotatable bonds is 4. The second kappa shape index (κ2) is 8.07. The average Bonchev–Trinajstić information content (AvgIpc) is 3.12. The summed E-state index contributed by atoms with van der Waals surface area (Å²) in [5.74, 6) is 1.45. The molecule has 2 aromatic carbocycles. The Morgan fingerprint density at radius 1 is 1.14 bits per heavy atom. The summed E-state index contributed by atoms with van der Waals surface area (Å²) < 4.78 is 0. The van der Waals surface area contributed by atoms with Crippen LogP contribution in [-0.2, 0) is 16.0 Å². The molecule has 1 saturated heterocycles. The quantitative estimate of drug-likeness (QED) is 0.712. The number of carbonyl (C=O) groups is 2. The number of imidazole rings is 1. The van der Waals surface area contributed by atoms with Crippen LogP contribution < -0.4 is 5.32 Å². The number of hydrogen-bond acceptors (Lipinski definition) is 3. The Morgan fingerprint density at radius 2 is 1.86 bits per heavy atom. The van der Waals surface area contributed by atoms with E-state index in [9.17, 15) is 9.59 Å². The molecule has 2 heterocycles. The minimum Gasteiger partial charge on any atom is -0.342 e. The fourth-order valence-electron chi connectivity index (χ4n) is 3.93. The summed E-state index contributed by atoms with van der Waals surface area (Å²) >= 11 is 0. The molecule has 0 radical (unpaired) electrons. The number of carbonyl (C=O) groups excluding carboxylic acids is 2. The van der Waals surface area contributed by atoms with Crippen LogP contribution in [0.25, 0.3) is 11.0 Å². The number of anilines is 1. The van der Waals surface area contributed by atoms with E-state index in [1.807, 2.05) is 29.2 Å². The molecule has 0 atom stereocenters. The molecule has 29 heavy (non-hydrogen) atoms. The highest BCUT2D eigenvalue weighted by Gasteiger charge is 2.25. The van der Waals surface area contributed by atoms with Crippen LogP contribution in [0, 0.1) is 6.92 Å². The molecule has 0 aliphatic carbocycles. The molecule has 3 aromatic rings. The summed E-state index contributed by atoms with van der Waals surface area (Å²) in [6.07, 6.45) is 2.23. The minimum absolute atomic E-state index is 0.101. The van der Waals surface area contributed by atoms with Gasteiger partial charge in [0.25, 0.3) is 0 Å². The smallest absolute Gasteiger partial charge is 0.226 e. The van der Waals surface area contributed by atoms with Gasteiger partial charge in [0.1, 0.15) is 5.82 Å². The third-order valence-corrected chi connectivity index (χ3v) is 5.52. The summed E-state index contributed by atoms with van der Waals surface area (Å²) in [5.41, 5.74) is 5.01. The standard InChI is InChI=1S/C23H26N4O2/c1-15-3-8-20-21(13-15)26-23(25-20)18-9-11-27(12-10-18)22(29)14-17-4-6-19(7-5-17)24-16(2)28/h3-8,13,18H,9-12,14H2,1-2H3,(H,24,28)(H,25,26). The number of hydrogen-bond donors (Lipinski definition) is 2. The Balaban J connectivity index is 1.33. The number of piperidine rings is 1. The zero-order valence-electron chi connectivity index (χ0n) is 16.9. The first-order chi connectivity index (χ1) is 14.0. The molecule has 150 valence electrons. The van der Waals surface area contributed by atoms with Gasteiger partial charge in [-0.05, 0) is 55.2 Å². The lowest BCUT2D eigenvalue weighted by Crippen LogP contribution is -2.39. The van der Waals surface area contributed by atoms with Gasteiger partial charge in [-0.15, -0.1) is 0 Å². The van der Waals surface area contributed by atoms with E-state index in [1.165, 1.54) is 12.5 Å². The Labute approximate surface area is 170 Å². The van der Waals surface area contributed by atoms with Crippen molar-refractivity contribution in [1.82, 2.24) is 14.9 Å². The van der Waals surface area contributed by atoms with Gasteiger partial charge in [0.2, 0.25) is 11.8 Å². The number of aryl methyl sites for hydroxylation is 1. The second-order valence-electron chi connectivity index (χ2n) is 7.85. The van der Waals surface area contributed by atoms with Crippen LogP contribution in [0.5, 0.6) is 0 Å². The van der Waals surface area contributed by atoms with E-state index >= 15 is 0 Å². The van der Waals surface area contributed by atoms with Gasteiger partial charge in [-0.1, -0.05) is 18.2 Å². The Hall–Kier alpha value is -3.15. The minimum atomic E-state index is -0.101. The van der Waals surface area contributed by atoms with Gasteiger partial charge in [0, 0.05) is 31.6 Å². The van der Waals surface area contributed by atoms with Crippen molar-refractivity contribution < 1.29 is 9.59 Å². The molecule has 2 N–H and O–H groups in total. The van der Waals surface area contributed by atoms with Crippen LogP contribution in [0.1, 0.15) is 42.6 Å². The summed E-state index contributed by atoms with van der Waals surface area (Å²) in [6, 6.07) is 13.7. The van der Waals surface area contributed by atoms with Crippen molar-refractivity contribution in [2.75, 3.05) is 18.4 Å². The highest BCUT2D eigenvalue weighted by Crippen LogP contribution is 2.28. The van der Waals surface area contributed by atoms with Gasteiger partial charge in [0.15, 0.2) is 0 Å². The van der Waals surface area contributed by atoms with Crippen molar-refractivity contribution in [3.8, 4) is 0 Å². The van der Waals surface area contributed by atoms with E-state index in [2.05, 4.69) is 35.4 Å². The summed E-state index contributed by atoms with van der Waals surface area (Å²) in [4.78, 5) is 34.0. The molecule has 1 aromatic heterocycles. The van der Waals surface area contributed by atoms with E-state index in [0.717, 1.165) is 54.0 Å². The molecule has 0 unspecified atom stereocenters. The number of benzene rings is 2. The Morgan fingerprint density at radius 3 is 2.55 bits per heavy atom. The van der Waals surface area contributed by atoms with Crippen molar-refractivity contribution in [2.45, 2.75) is 39.0 Å². The average molecular weight is 390 g/mol. The lowest BCUT2D eigenvalue weighted by molar-refractivity contribution is -0.131. The fourth-order valence-corrected chi connectivity index (χ4v) is 3.93.